The molecule has 1 N–H and O–H groups in total. The third-order valence-electron chi connectivity index (χ3n) is 4.19. The van der Waals surface area contributed by atoms with Gasteiger partial charge in [-0.05, 0) is 50.1 Å². The van der Waals surface area contributed by atoms with E-state index in [9.17, 15) is 14.9 Å². The third kappa shape index (κ3) is 4.69. The van der Waals surface area contributed by atoms with E-state index in [2.05, 4.69) is 15.8 Å². The van der Waals surface area contributed by atoms with Gasteiger partial charge < -0.3 is 14.6 Å². The van der Waals surface area contributed by atoms with Crippen molar-refractivity contribution in [2.24, 2.45) is 0 Å². The quantitative estimate of drug-likeness (QED) is 0.364. The summed E-state index contributed by atoms with van der Waals surface area (Å²) in [4.78, 5) is 23.6. The average Bonchev–Trinajstić information content (AvgIpc) is 2.96. The van der Waals surface area contributed by atoms with Crippen molar-refractivity contribution in [1.29, 1.82) is 5.26 Å². The molecule has 142 valence electrons. The monoisotopic (exact) mass is 375 g/mol. The summed E-state index contributed by atoms with van der Waals surface area (Å²) in [6, 6.07) is 11.7. The number of nitriles is 1. The number of aryl methyl sites for hydroxylation is 2. The Morgan fingerprint density at radius 1 is 1.29 bits per heavy atom. The lowest BCUT2D eigenvalue weighted by molar-refractivity contribution is -0.144. The Hall–Kier alpha value is -3.77. The number of carbonyl (C=O) groups is 2. The molecule has 0 saturated carbocycles. The van der Waals surface area contributed by atoms with Crippen molar-refractivity contribution in [2.45, 2.75) is 20.8 Å². The second-order valence-electron chi connectivity index (χ2n) is 6.18. The van der Waals surface area contributed by atoms with Gasteiger partial charge in [0.05, 0.1) is 6.54 Å². The first-order chi connectivity index (χ1) is 13.4. The Labute approximate surface area is 164 Å². The van der Waals surface area contributed by atoms with Crippen molar-refractivity contribution in [1.82, 2.24) is 9.88 Å². The van der Waals surface area contributed by atoms with E-state index in [1.165, 1.54) is 6.08 Å². The van der Waals surface area contributed by atoms with Gasteiger partial charge in [-0.15, -0.1) is 6.42 Å². The van der Waals surface area contributed by atoms with Crippen LogP contribution in [0.2, 0.25) is 0 Å². The number of hydrogen-bond donors (Lipinski definition) is 1. The Morgan fingerprint density at radius 3 is 2.64 bits per heavy atom. The molecule has 2 rings (SSSR count). The fourth-order valence-electron chi connectivity index (χ4n) is 2.82. The van der Waals surface area contributed by atoms with Gasteiger partial charge in [-0.2, -0.15) is 5.26 Å². The fourth-order valence-corrected chi connectivity index (χ4v) is 2.82. The van der Waals surface area contributed by atoms with Gasteiger partial charge in [0.25, 0.3) is 5.91 Å². The second-order valence-corrected chi connectivity index (χ2v) is 6.18. The molecule has 1 amide bonds. The molecule has 1 aromatic heterocycles. The molecule has 6 nitrogen and oxygen atoms in total. The highest BCUT2D eigenvalue weighted by Gasteiger charge is 2.16. The number of esters is 1. The number of hydrogen-bond acceptors (Lipinski definition) is 4. The normalized spacial score (nSPS) is 10.7. The molecule has 1 heterocycles. The molecule has 28 heavy (non-hydrogen) atoms. The van der Waals surface area contributed by atoms with Crippen molar-refractivity contribution >= 4 is 18.0 Å². The molecule has 0 bridgehead atoms. The molecular weight excluding hydrogens is 354 g/mol. The lowest BCUT2D eigenvalue weighted by atomic mass is 10.1. The summed E-state index contributed by atoms with van der Waals surface area (Å²) in [5, 5.41) is 11.7. The number of aromatic nitrogens is 1. The third-order valence-corrected chi connectivity index (χ3v) is 4.19. The number of rotatable bonds is 6. The van der Waals surface area contributed by atoms with Gasteiger partial charge >= 0.3 is 5.97 Å². The molecule has 0 aliphatic heterocycles. The van der Waals surface area contributed by atoms with E-state index in [0.29, 0.717) is 0 Å². The molecule has 0 saturated heterocycles. The number of para-hydroxylation sites is 1. The number of amides is 1. The minimum atomic E-state index is -0.862. The van der Waals surface area contributed by atoms with Crippen molar-refractivity contribution in [3.8, 4) is 24.1 Å². The van der Waals surface area contributed by atoms with E-state index >= 15 is 0 Å². The Balaban J connectivity index is 2.26. The van der Waals surface area contributed by atoms with Crippen LogP contribution in [0.5, 0.6) is 0 Å². The van der Waals surface area contributed by atoms with Crippen molar-refractivity contribution in [3.63, 3.8) is 0 Å². The van der Waals surface area contributed by atoms with Crippen LogP contribution < -0.4 is 5.32 Å². The van der Waals surface area contributed by atoms with Crippen LogP contribution >= 0.6 is 0 Å². The topological polar surface area (TPSA) is 84.1 Å². The van der Waals surface area contributed by atoms with Crippen molar-refractivity contribution < 1.29 is 14.3 Å². The Kier molecular flexibility index (Phi) is 6.79. The summed E-state index contributed by atoms with van der Waals surface area (Å²) < 4.78 is 6.95. The first kappa shape index (κ1) is 20.5. The summed E-state index contributed by atoms with van der Waals surface area (Å²) >= 11 is 0. The van der Waals surface area contributed by atoms with Gasteiger partial charge in [-0.3, -0.25) is 4.79 Å². The maximum absolute atomic E-state index is 12.1. The highest BCUT2D eigenvalue weighted by atomic mass is 16.5. The average molecular weight is 375 g/mol. The van der Waals surface area contributed by atoms with Crippen LogP contribution in [-0.4, -0.2) is 29.6 Å². The molecule has 0 aliphatic carbocycles. The molecular formula is C22H21N3O3. The molecule has 0 spiro atoms. The highest BCUT2D eigenvalue weighted by molar-refractivity contribution is 5.99. The van der Waals surface area contributed by atoms with Crippen LogP contribution in [0.1, 0.15) is 22.5 Å². The smallest absolute Gasteiger partial charge is 0.349 e. The number of terminal acetylenes is 1. The zero-order chi connectivity index (χ0) is 20.7. The predicted molar refractivity (Wildman–Crippen MR) is 106 cm³/mol. The maximum Gasteiger partial charge on any atom is 0.349 e. The van der Waals surface area contributed by atoms with Gasteiger partial charge in [0, 0.05) is 17.1 Å². The first-order valence-corrected chi connectivity index (χ1v) is 8.63. The van der Waals surface area contributed by atoms with Crippen molar-refractivity contribution in [2.75, 3.05) is 13.2 Å². The lowest BCUT2D eigenvalue weighted by Gasteiger charge is -2.12. The summed E-state index contributed by atoms with van der Waals surface area (Å²) in [6.07, 6.45) is 6.51. The van der Waals surface area contributed by atoms with Gasteiger partial charge in [-0.25, -0.2) is 4.79 Å². The molecule has 6 heteroatoms. The molecule has 2 aromatic rings. The van der Waals surface area contributed by atoms with Gasteiger partial charge in [0.1, 0.15) is 11.6 Å². The fraction of sp³-hybridized carbons (Fsp3) is 0.227. The van der Waals surface area contributed by atoms with Crippen LogP contribution in [0.15, 0.2) is 35.9 Å². The minimum absolute atomic E-state index is 0.0439. The van der Waals surface area contributed by atoms with E-state index < -0.39 is 18.5 Å². The molecule has 0 radical (unpaired) electrons. The van der Waals surface area contributed by atoms with Crippen LogP contribution in [-0.2, 0) is 14.3 Å². The van der Waals surface area contributed by atoms with E-state index in [4.69, 9.17) is 11.2 Å². The van der Waals surface area contributed by atoms with Gasteiger partial charge in [0.15, 0.2) is 6.61 Å². The lowest BCUT2D eigenvalue weighted by Crippen LogP contribution is -2.29. The largest absolute Gasteiger partial charge is 0.451 e. The number of carbonyl (C=O) groups excluding carboxylic acids is 2. The molecule has 0 atom stereocenters. The number of ether oxygens (including phenoxy) is 1. The number of nitrogens with zero attached hydrogens (tertiary/aromatic N) is 2. The summed E-state index contributed by atoms with van der Waals surface area (Å²) in [5.74, 6) is 0.857. The van der Waals surface area contributed by atoms with E-state index in [1.54, 1.807) is 0 Å². The zero-order valence-electron chi connectivity index (χ0n) is 16.1. The van der Waals surface area contributed by atoms with Crippen molar-refractivity contribution in [3.05, 3.63) is 58.4 Å². The maximum atomic E-state index is 12.1. The van der Waals surface area contributed by atoms with Crippen LogP contribution in [0.3, 0.4) is 0 Å². The standard InChI is InChI=1S/C22H21N3O3/c1-5-10-24-21(26)14-28-22(27)19(13-23)12-18-11-16(3)25(17(18)4)20-9-7-6-8-15(20)2/h1,6-9,11-12H,10,14H2,2-4H3,(H,24,26)/b19-12+. The summed E-state index contributed by atoms with van der Waals surface area (Å²) in [7, 11) is 0. The minimum Gasteiger partial charge on any atom is -0.451 e. The van der Waals surface area contributed by atoms with Crippen LogP contribution in [0, 0.1) is 44.4 Å². The molecule has 0 aliphatic rings. The number of benzene rings is 1. The van der Waals surface area contributed by atoms with Crippen LogP contribution in [0.25, 0.3) is 11.8 Å². The predicted octanol–water partition coefficient (Wildman–Crippen LogP) is 2.60. The second kappa shape index (κ2) is 9.25. The molecule has 0 unspecified atom stereocenters. The molecule has 1 aromatic carbocycles. The van der Waals surface area contributed by atoms with E-state index in [1.807, 2.05) is 57.2 Å². The van der Waals surface area contributed by atoms with Crippen LogP contribution in [0.4, 0.5) is 0 Å². The van der Waals surface area contributed by atoms with E-state index in [-0.39, 0.29) is 12.1 Å². The SMILES string of the molecule is C#CCNC(=O)COC(=O)/C(C#N)=C/c1cc(C)n(-c2ccccc2C)c1C. The zero-order valence-corrected chi connectivity index (χ0v) is 16.1. The summed E-state index contributed by atoms with van der Waals surface area (Å²) in [6.45, 7) is 5.44. The Morgan fingerprint density at radius 2 is 2.00 bits per heavy atom. The highest BCUT2D eigenvalue weighted by Crippen LogP contribution is 2.24. The Bertz CT molecular complexity index is 1020. The van der Waals surface area contributed by atoms with Gasteiger partial charge in [-0.1, -0.05) is 24.1 Å². The molecule has 0 fully saturated rings. The van der Waals surface area contributed by atoms with E-state index in [0.717, 1.165) is 28.2 Å². The summed E-state index contributed by atoms with van der Waals surface area (Å²) in [5.41, 5.74) is 4.54. The first-order valence-electron chi connectivity index (χ1n) is 8.63. The number of nitrogens with one attached hydrogen (secondary N) is 1. The van der Waals surface area contributed by atoms with Gasteiger partial charge in [0.2, 0.25) is 0 Å².